The summed E-state index contributed by atoms with van der Waals surface area (Å²) in [5.41, 5.74) is 1.07. The highest BCUT2D eigenvalue weighted by Gasteiger charge is 2.19. The normalized spacial score (nSPS) is 14.3. The van der Waals surface area contributed by atoms with Crippen LogP contribution in [0.5, 0.6) is 0 Å². The molecule has 1 aliphatic rings. The van der Waals surface area contributed by atoms with E-state index in [0.717, 1.165) is 43.4 Å². The summed E-state index contributed by atoms with van der Waals surface area (Å²) in [6, 6.07) is 9.92. The number of aromatic nitrogens is 5. The van der Waals surface area contributed by atoms with E-state index in [9.17, 15) is 0 Å². The van der Waals surface area contributed by atoms with E-state index < -0.39 is 0 Å². The number of hydrogen-bond acceptors (Lipinski definition) is 8. The summed E-state index contributed by atoms with van der Waals surface area (Å²) in [7, 11) is 0. The fourth-order valence-corrected chi connectivity index (χ4v) is 2.91. The molecule has 8 nitrogen and oxygen atoms in total. The van der Waals surface area contributed by atoms with Crippen LogP contribution in [-0.2, 0) is 6.54 Å². The molecule has 1 saturated heterocycles. The molecule has 0 saturated carbocycles. The Hall–Kier alpha value is -3.29. The lowest BCUT2D eigenvalue weighted by Gasteiger charge is -2.35. The van der Waals surface area contributed by atoms with E-state index in [-0.39, 0.29) is 0 Å². The van der Waals surface area contributed by atoms with Crippen LogP contribution in [0.1, 0.15) is 5.56 Å². The molecule has 0 bridgehead atoms. The van der Waals surface area contributed by atoms with Crippen LogP contribution >= 0.6 is 0 Å². The van der Waals surface area contributed by atoms with Crippen LogP contribution in [0.25, 0.3) is 0 Å². The molecule has 0 aromatic carbocycles. The molecular formula is C18H20N8. The number of hydrogen-bond donors (Lipinski definition) is 1. The Labute approximate surface area is 152 Å². The lowest BCUT2D eigenvalue weighted by molar-refractivity contribution is 0.639. The van der Waals surface area contributed by atoms with Crippen molar-refractivity contribution in [1.29, 1.82) is 0 Å². The van der Waals surface area contributed by atoms with Crippen LogP contribution in [0.3, 0.4) is 0 Å². The maximum absolute atomic E-state index is 4.60. The van der Waals surface area contributed by atoms with E-state index in [1.54, 1.807) is 12.4 Å². The number of nitrogens with zero attached hydrogens (tertiary/aromatic N) is 7. The predicted octanol–water partition coefficient (Wildman–Crippen LogP) is 1.60. The van der Waals surface area contributed by atoms with Gasteiger partial charge in [0.1, 0.15) is 5.82 Å². The molecule has 1 fully saturated rings. The molecule has 0 radical (unpaired) electrons. The van der Waals surface area contributed by atoms with Crippen molar-refractivity contribution in [2.24, 2.45) is 0 Å². The summed E-state index contributed by atoms with van der Waals surface area (Å²) in [5, 5.41) is 11.4. The summed E-state index contributed by atoms with van der Waals surface area (Å²) in [5.74, 6) is 2.39. The Kier molecular flexibility index (Phi) is 4.81. The van der Waals surface area contributed by atoms with Crippen LogP contribution in [0, 0.1) is 0 Å². The first-order valence-corrected chi connectivity index (χ1v) is 8.62. The number of piperazine rings is 1. The number of anilines is 3. The minimum atomic E-state index is 0.526. The van der Waals surface area contributed by atoms with Gasteiger partial charge in [-0.2, -0.15) is 10.1 Å². The molecular weight excluding hydrogens is 328 g/mol. The third kappa shape index (κ3) is 3.85. The van der Waals surface area contributed by atoms with E-state index in [0.29, 0.717) is 12.5 Å². The summed E-state index contributed by atoms with van der Waals surface area (Å²) in [6.45, 7) is 4.17. The average molecular weight is 348 g/mol. The van der Waals surface area contributed by atoms with Crippen molar-refractivity contribution < 1.29 is 0 Å². The Morgan fingerprint density at radius 2 is 1.73 bits per heavy atom. The molecule has 0 amide bonds. The maximum Gasteiger partial charge on any atom is 0.244 e. The van der Waals surface area contributed by atoms with Crippen molar-refractivity contribution in [3.63, 3.8) is 0 Å². The fourth-order valence-electron chi connectivity index (χ4n) is 2.91. The number of pyridine rings is 2. The highest BCUT2D eigenvalue weighted by Crippen LogP contribution is 2.17. The Morgan fingerprint density at radius 1 is 0.885 bits per heavy atom. The number of rotatable bonds is 5. The van der Waals surface area contributed by atoms with Gasteiger partial charge in [-0.05, 0) is 23.8 Å². The monoisotopic (exact) mass is 348 g/mol. The van der Waals surface area contributed by atoms with Gasteiger partial charge in [-0.1, -0.05) is 12.1 Å². The largest absolute Gasteiger partial charge is 0.353 e. The molecule has 3 aromatic heterocycles. The van der Waals surface area contributed by atoms with Gasteiger partial charge in [-0.15, -0.1) is 5.10 Å². The van der Waals surface area contributed by atoms with E-state index >= 15 is 0 Å². The minimum Gasteiger partial charge on any atom is -0.353 e. The van der Waals surface area contributed by atoms with Crippen molar-refractivity contribution in [2.45, 2.75) is 6.54 Å². The lowest BCUT2D eigenvalue weighted by atomic mass is 10.3. The van der Waals surface area contributed by atoms with Crippen LogP contribution in [0.15, 0.2) is 55.1 Å². The fraction of sp³-hybridized carbons (Fsp3) is 0.278. The average Bonchev–Trinajstić information content (AvgIpc) is 2.74. The molecule has 4 heterocycles. The van der Waals surface area contributed by atoms with Crippen LogP contribution in [0.4, 0.5) is 17.6 Å². The lowest BCUT2D eigenvalue weighted by Crippen LogP contribution is -2.47. The van der Waals surface area contributed by atoms with Gasteiger partial charge in [0.2, 0.25) is 5.95 Å². The van der Waals surface area contributed by atoms with Gasteiger partial charge in [0.05, 0.1) is 6.20 Å². The minimum absolute atomic E-state index is 0.526. The van der Waals surface area contributed by atoms with Gasteiger partial charge in [0, 0.05) is 51.3 Å². The second-order valence-corrected chi connectivity index (χ2v) is 6.02. The van der Waals surface area contributed by atoms with Gasteiger partial charge >= 0.3 is 0 Å². The van der Waals surface area contributed by atoms with Crippen molar-refractivity contribution in [3.8, 4) is 0 Å². The van der Waals surface area contributed by atoms with E-state index in [4.69, 9.17) is 0 Å². The van der Waals surface area contributed by atoms with Gasteiger partial charge in [0.25, 0.3) is 0 Å². The molecule has 8 heteroatoms. The smallest absolute Gasteiger partial charge is 0.244 e. The summed E-state index contributed by atoms with van der Waals surface area (Å²) in [6.07, 6.45) is 7.12. The third-order valence-corrected chi connectivity index (χ3v) is 4.30. The van der Waals surface area contributed by atoms with Gasteiger partial charge in [0.15, 0.2) is 5.82 Å². The van der Waals surface area contributed by atoms with Gasteiger partial charge < -0.3 is 15.1 Å². The van der Waals surface area contributed by atoms with Gasteiger partial charge in [-0.3, -0.25) is 4.98 Å². The van der Waals surface area contributed by atoms with Crippen molar-refractivity contribution in [2.75, 3.05) is 41.3 Å². The molecule has 3 aromatic rings. The highest BCUT2D eigenvalue weighted by molar-refractivity contribution is 5.45. The van der Waals surface area contributed by atoms with Crippen molar-refractivity contribution >= 4 is 17.6 Å². The molecule has 1 N–H and O–H groups in total. The Bertz CT molecular complexity index is 819. The van der Waals surface area contributed by atoms with E-state index in [2.05, 4.69) is 40.3 Å². The van der Waals surface area contributed by atoms with Crippen molar-refractivity contribution in [3.05, 3.63) is 60.7 Å². The van der Waals surface area contributed by atoms with Crippen LogP contribution in [0.2, 0.25) is 0 Å². The van der Waals surface area contributed by atoms with Crippen molar-refractivity contribution in [1.82, 2.24) is 25.1 Å². The first-order valence-electron chi connectivity index (χ1n) is 8.62. The Balaban J connectivity index is 1.36. The number of nitrogens with one attached hydrogen (secondary N) is 1. The van der Waals surface area contributed by atoms with Crippen LogP contribution < -0.4 is 15.1 Å². The molecule has 0 unspecified atom stereocenters. The SMILES string of the molecule is c1ccc(N2CCN(c3cnnc(NCc4cccnc4)n3)CC2)nc1. The summed E-state index contributed by atoms with van der Waals surface area (Å²) >= 11 is 0. The zero-order chi connectivity index (χ0) is 17.6. The third-order valence-electron chi connectivity index (χ3n) is 4.30. The zero-order valence-electron chi connectivity index (χ0n) is 14.4. The molecule has 26 heavy (non-hydrogen) atoms. The standard InChI is InChI=1S/C18H20N8/c1-2-7-20-16(5-1)25-8-10-26(11-9-25)17-14-22-24-18(23-17)21-13-15-4-3-6-19-12-15/h1-7,12,14H,8-11,13H2,(H,21,23,24). The zero-order valence-corrected chi connectivity index (χ0v) is 14.4. The predicted molar refractivity (Wildman–Crippen MR) is 100 cm³/mol. The second kappa shape index (κ2) is 7.73. The highest BCUT2D eigenvalue weighted by atomic mass is 15.3. The topological polar surface area (TPSA) is 83.0 Å². The quantitative estimate of drug-likeness (QED) is 0.744. The van der Waals surface area contributed by atoms with Crippen LogP contribution in [-0.4, -0.2) is 51.3 Å². The first kappa shape index (κ1) is 16.2. The van der Waals surface area contributed by atoms with Gasteiger partial charge in [-0.25, -0.2) is 4.98 Å². The van der Waals surface area contributed by atoms with E-state index in [1.165, 1.54) is 0 Å². The maximum atomic E-state index is 4.60. The molecule has 0 atom stereocenters. The molecule has 1 aliphatic heterocycles. The first-order chi connectivity index (χ1) is 12.9. The van der Waals surface area contributed by atoms with E-state index in [1.807, 2.05) is 42.7 Å². The Morgan fingerprint density at radius 3 is 2.46 bits per heavy atom. The summed E-state index contributed by atoms with van der Waals surface area (Å²) < 4.78 is 0. The summed E-state index contributed by atoms with van der Waals surface area (Å²) in [4.78, 5) is 17.6. The molecule has 132 valence electrons. The molecule has 4 rings (SSSR count). The second-order valence-electron chi connectivity index (χ2n) is 6.02. The molecule has 0 spiro atoms. The molecule has 0 aliphatic carbocycles.